The van der Waals surface area contributed by atoms with E-state index in [0.29, 0.717) is 23.3 Å². The largest absolute Gasteiger partial charge is 0.573 e. The minimum Gasteiger partial charge on any atom is -0.406 e. The number of rotatable bonds is 5. The minimum absolute atomic E-state index is 0.00704. The summed E-state index contributed by atoms with van der Waals surface area (Å²) in [6, 6.07) is 8.38. The van der Waals surface area contributed by atoms with Gasteiger partial charge in [-0.05, 0) is 64.0 Å². The highest BCUT2D eigenvalue weighted by molar-refractivity contribution is 6.02. The van der Waals surface area contributed by atoms with E-state index in [2.05, 4.69) is 30.7 Å². The van der Waals surface area contributed by atoms with Crippen molar-refractivity contribution >= 4 is 17.4 Å². The maximum atomic E-state index is 13.1. The van der Waals surface area contributed by atoms with E-state index in [0.717, 1.165) is 12.1 Å². The number of anilines is 2. The van der Waals surface area contributed by atoms with Crippen LogP contribution in [0.5, 0.6) is 5.75 Å². The number of benzene rings is 3. The van der Waals surface area contributed by atoms with Crippen molar-refractivity contribution in [3.63, 3.8) is 0 Å². The number of aromatic amines is 1. The fourth-order valence-corrected chi connectivity index (χ4v) is 3.46. The zero-order chi connectivity index (χ0) is 29.3. The van der Waals surface area contributed by atoms with E-state index >= 15 is 0 Å². The second-order valence-electron chi connectivity index (χ2n) is 7.96. The Bertz CT molecular complexity index is 1470. The van der Waals surface area contributed by atoms with E-state index in [1.54, 1.807) is 0 Å². The predicted molar refractivity (Wildman–Crippen MR) is 121 cm³/mol. The van der Waals surface area contributed by atoms with E-state index in [-0.39, 0.29) is 23.1 Å². The fourth-order valence-electron chi connectivity index (χ4n) is 3.46. The van der Waals surface area contributed by atoms with Crippen LogP contribution in [0.15, 0.2) is 60.7 Å². The number of aromatic nitrogens is 4. The van der Waals surface area contributed by atoms with E-state index in [4.69, 9.17) is 0 Å². The van der Waals surface area contributed by atoms with Crippen LogP contribution in [-0.4, -0.2) is 33.0 Å². The number of nitrogens with zero attached hydrogens (tertiary/aromatic N) is 3. The molecule has 40 heavy (non-hydrogen) atoms. The van der Waals surface area contributed by atoms with Crippen molar-refractivity contribution in [2.75, 3.05) is 10.6 Å². The lowest BCUT2D eigenvalue weighted by Crippen LogP contribution is -2.21. The van der Waals surface area contributed by atoms with Crippen molar-refractivity contribution in [3.05, 3.63) is 71.8 Å². The maximum absolute atomic E-state index is 13.1. The van der Waals surface area contributed by atoms with Gasteiger partial charge in [0.05, 0.1) is 16.8 Å². The number of nitrogens with one attached hydrogen (secondary N) is 3. The van der Waals surface area contributed by atoms with Gasteiger partial charge in [-0.25, -0.2) is 9.89 Å². The molecule has 0 radical (unpaired) electrons. The SMILES string of the molecule is O=C(Nc1cc(C(F)(F)F)cc(C(F)(F)F)c1)Nc1ccc(-c2ccc(OC(F)(F)F)cc2)cc1-c1nnn[nH]1. The van der Waals surface area contributed by atoms with Gasteiger partial charge in [0.1, 0.15) is 5.75 Å². The first-order chi connectivity index (χ1) is 18.6. The van der Waals surface area contributed by atoms with Crippen molar-refractivity contribution in [1.82, 2.24) is 20.6 Å². The molecule has 0 aliphatic rings. The summed E-state index contributed by atoms with van der Waals surface area (Å²) in [5, 5.41) is 17.2. The first kappa shape index (κ1) is 28.2. The molecule has 4 rings (SSSR count). The summed E-state index contributed by atoms with van der Waals surface area (Å²) < 4.78 is 120. The van der Waals surface area contributed by atoms with Gasteiger partial charge in [-0.1, -0.05) is 18.2 Å². The highest BCUT2D eigenvalue weighted by Crippen LogP contribution is 2.38. The Morgan fingerprint density at radius 3 is 1.88 bits per heavy atom. The number of hydrogen-bond donors (Lipinski definition) is 3. The number of halogens is 9. The first-order valence-corrected chi connectivity index (χ1v) is 10.7. The molecule has 0 unspecified atom stereocenters. The molecule has 3 aromatic carbocycles. The standard InChI is InChI=1S/C23H13F9N6O2/c24-21(25,26)13-8-14(22(27,28)29)10-15(9-13)33-20(39)34-18-6-3-12(7-17(18)19-35-37-38-36-19)11-1-4-16(5-2-11)40-23(30,31)32/h1-10H,(H2,33,34,39)(H,35,36,37,38). The van der Waals surface area contributed by atoms with Crippen molar-refractivity contribution < 1.29 is 49.0 Å². The molecule has 0 aliphatic heterocycles. The van der Waals surface area contributed by atoms with Crippen LogP contribution in [0.4, 0.5) is 55.7 Å². The molecule has 0 aliphatic carbocycles. The Labute approximate surface area is 217 Å². The number of hydrogen-bond acceptors (Lipinski definition) is 5. The van der Waals surface area contributed by atoms with Gasteiger partial charge in [-0.15, -0.1) is 18.3 Å². The molecule has 210 valence electrons. The summed E-state index contributed by atoms with van der Waals surface area (Å²) in [5.74, 6) is -0.457. The van der Waals surface area contributed by atoms with Gasteiger partial charge in [0.25, 0.3) is 0 Å². The number of alkyl halides is 9. The van der Waals surface area contributed by atoms with Crippen LogP contribution >= 0.6 is 0 Å². The molecule has 0 saturated heterocycles. The molecule has 1 heterocycles. The average molecular weight is 576 g/mol. The van der Waals surface area contributed by atoms with Crippen LogP contribution in [0.3, 0.4) is 0 Å². The first-order valence-electron chi connectivity index (χ1n) is 10.7. The van der Waals surface area contributed by atoms with Gasteiger partial charge in [0.2, 0.25) is 0 Å². The molecule has 4 aromatic rings. The van der Waals surface area contributed by atoms with Crippen LogP contribution in [0.1, 0.15) is 11.1 Å². The second-order valence-corrected chi connectivity index (χ2v) is 7.96. The molecule has 17 heteroatoms. The van der Waals surface area contributed by atoms with Crippen molar-refractivity contribution in [1.29, 1.82) is 0 Å². The van der Waals surface area contributed by atoms with Crippen LogP contribution < -0.4 is 15.4 Å². The molecule has 0 spiro atoms. The third-order valence-electron chi connectivity index (χ3n) is 5.13. The number of tetrazole rings is 1. The highest BCUT2D eigenvalue weighted by atomic mass is 19.4. The van der Waals surface area contributed by atoms with Crippen molar-refractivity contribution in [2.45, 2.75) is 18.7 Å². The molecule has 0 bridgehead atoms. The Kier molecular flexibility index (Phi) is 7.32. The zero-order valence-electron chi connectivity index (χ0n) is 19.3. The van der Waals surface area contributed by atoms with Crippen LogP contribution in [0, 0.1) is 0 Å². The molecular weight excluding hydrogens is 563 g/mol. The summed E-state index contributed by atoms with van der Waals surface area (Å²) in [5.41, 5.74) is -3.07. The van der Waals surface area contributed by atoms with Gasteiger partial charge in [-0.3, -0.25) is 0 Å². The predicted octanol–water partition coefficient (Wildman–Crippen LogP) is 7.11. The topological polar surface area (TPSA) is 105 Å². The Morgan fingerprint density at radius 1 is 0.750 bits per heavy atom. The number of carbonyl (C=O) groups is 1. The summed E-state index contributed by atoms with van der Waals surface area (Å²) in [6.07, 6.45) is -15.1. The van der Waals surface area contributed by atoms with E-state index < -0.39 is 47.3 Å². The van der Waals surface area contributed by atoms with E-state index in [1.165, 1.54) is 30.3 Å². The monoisotopic (exact) mass is 576 g/mol. The summed E-state index contributed by atoms with van der Waals surface area (Å²) in [7, 11) is 0. The lowest BCUT2D eigenvalue weighted by Gasteiger charge is -2.16. The summed E-state index contributed by atoms with van der Waals surface area (Å²) >= 11 is 0. The average Bonchev–Trinajstić information content (AvgIpc) is 3.37. The second kappa shape index (κ2) is 10.4. The Hall–Kier alpha value is -4.83. The lowest BCUT2D eigenvalue weighted by molar-refractivity contribution is -0.274. The molecule has 2 amide bonds. The van der Waals surface area contributed by atoms with Crippen molar-refractivity contribution in [3.8, 4) is 28.3 Å². The summed E-state index contributed by atoms with van der Waals surface area (Å²) in [4.78, 5) is 12.6. The molecule has 0 fully saturated rings. The zero-order valence-corrected chi connectivity index (χ0v) is 19.3. The van der Waals surface area contributed by atoms with Gasteiger partial charge in [-0.2, -0.15) is 26.3 Å². The Balaban J connectivity index is 1.62. The van der Waals surface area contributed by atoms with Gasteiger partial charge in [0, 0.05) is 11.3 Å². The maximum Gasteiger partial charge on any atom is 0.573 e. The van der Waals surface area contributed by atoms with Crippen molar-refractivity contribution in [2.24, 2.45) is 0 Å². The normalized spacial score (nSPS) is 12.2. The number of amides is 2. The lowest BCUT2D eigenvalue weighted by atomic mass is 10.0. The number of urea groups is 1. The summed E-state index contributed by atoms with van der Waals surface area (Å²) in [6.45, 7) is 0. The fraction of sp³-hybridized carbons (Fsp3) is 0.130. The molecular formula is C23H13F9N6O2. The number of carbonyl (C=O) groups excluding carboxylic acids is 1. The highest BCUT2D eigenvalue weighted by Gasteiger charge is 2.37. The number of ether oxygens (including phenoxy) is 1. The third kappa shape index (κ3) is 6.97. The van der Waals surface area contributed by atoms with E-state index in [9.17, 15) is 44.3 Å². The van der Waals surface area contributed by atoms with Crippen LogP contribution in [0.25, 0.3) is 22.5 Å². The third-order valence-corrected chi connectivity index (χ3v) is 5.13. The molecule has 8 nitrogen and oxygen atoms in total. The molecule has 1 aromatic heterocycles. The van der Waals surface area contributed by atoms with Gasteiger partial charge < -0.3 is 15.4 Å². The molecule has 0 saturated carbocycles. The Morgan fingerprint density at radius 2 is 1.35 bits per heavy atom. The minimum atomic E-state index is -5.12. The van der Waals surface area contributed by atoms with Gasteiger partial charge in [0.15, 0.2) is 5.82 Å². The number of H-pyrrole nitrogens is 1. The molecule has 3 N–H and O–H groups in total. The quantitative estimate of drug-likeness (QED) is 0.220. The van der Waals surface area contributed by atoms with Crippen LogP contribution in [0.2, 0.25) is 0 Å². The molecule has 0 atom stereocenters. The van der Waals surface area contributed by atoms with Gasteiger partial charge >= 0.3 is 24.7 Å². The van der Waals surface area contributed by atoms with Crippen LogP contribution in [-0.2, 0) is 12.4 Å². The van der Waals surface area contributed by atoms with E-state index in [1.807, 2.05) is 5.32 Å². The smallest absolute Gasteiger partial charge is 0.406 e.